The lowest BCUT2D eigenvalue weighted by Gasteiger charge is -2.31. The summed E-state index contributed by atoms with van der Waals surface area (Å²) in [6.07, 6.45) is 5.64. The number of rotatable bonds is 6. The number of halogens is 1. The van der Waals surface area contributed by atoms with E-state index in [2.05, 4.69) is 21.2 Å². The van der Waals surface area contributed by atoms with Crippen LogP contribution in [0.15, 0.2) is 46.9 Å². The molecule has 1 fully saturated rings. The topological polar surface area (TPSA) is 58.6 Å². The van der Waals surface area contributed by atoms with Crippen molar-refractivity contribution in [3.05, 3.63) is 58.1 Å². The summed E-state index contributed by atoms with van der Waals surface area (Å²) in [5.41, 5.74) is 2.05. The third-order valence-electron chi connectivity index (χ3n) is 5.37. The number of carbonyl (C=O) groups is 2. The Morgan fingerprint density at radius 1 is 1.14 bits per heavy atom. The molecule has 0 unspecified atom stereocenters. The summed E-state index contributed by atoms with van der Waals surface area (Å²) in [7, 11) is 1.86. The maximum Gasteiger partial charge on any atom is 0.262 e. The number of nitrogens with one attached hydrogen (secondary N) is 1. The van der Waals surface area contributed by atoms with Gasteiger partial charge in [0.2, 0.25) is 0 Å². The van der Waals surface area contributed by atoms with Crippen LogP contribution in [0, 0.1) is 6.92 Å². The summed E-state index contributed by atoms with van der Waals surface area (Å²) in [4.78, 5) is 27.3. The second-order valence-electron chi connectivity index (χ2n) is 7.50. The summed E-state index contributed by atoms with van der Waals surface area (Å²) in [6.45, 7) is 1.84. The Hall–Kier alpha value is -2.34. The van der Waals surface area contributed by atoms with Crippen LogP contribution in [-0.2, 0) is 4.79 Å². The highest BCUT2D eigenvalue weighted by Crippen LogP contribution is 2.25. The number of carbonyl (C=O) groups excluding carboxylic acids is 2. The maximum atomic E-state index is 13.0. The maximum absolute atomic E-state index is 13.0. The van der Waals surface area contributed by atoms with E-state index in [9.17, 15) is 9.59 Å². The molecule has 3 rings (SSSR count). The first-order valence-electron chi connectivity index (χ1n) is 10.0. The van der Waals surface area contributed by atoms with Gasteiger partial charge in [-0.1, -0.05) is 47.3 Å². The summed E-state index contributed by atoms with van der Waals surface area (Å²) in [5.74, 6) is 0.269. The van der Waals surface area contributed by atoms with Crippen molar-refractivity contribution < 1.29 is 14.3 Å². The molecule has 1 saturated carbocycles. The Morgan fingerprint density at radius 3 is 2.59 bits per heavy atom. The van der Waals surface area contributed by atoms with Crippen LogP contribution in [0.25, 0.3) is 0 Å². The number of anilines is 1. The van der Waals surface area contributed by atoms with E-state index in [1.165, 1.54) is 6.42 Å². The van der Waals surface area contributed by atoms with Crippen molar-refractivity contribution in [3.8, 4) is 5.75 Å². The molecule has 0 atom stereocenters. The van der Waals surface area contributed by atoms with Crippen LogP contribution >= 0.6 is 15.9 Å². The second-order valence-corrected chi connectivity index (χ2v) is 8.36. The fourth-order valence-corrected chi connectivity index (χ4v) is 3.89. The van der Waals surface area contributed by atoms with Gasteiger partial charge in [0.25, 0.3) is 11.8 Å². The molecule has 29 heavy (non-hydrogen) atoms. The van der Waals surface area contributed by atoms with Crippen molar-refractivity contribution in [2.45, 2.75) is 45.1 Å². The van der Waals surface area contributed by atoms with Gasteiger partial charge in [0.1, 0.15) is 5.75 Å². The third-order valence-corrected chi connectivity index (χ3v) is 6.26. The molecule has 0 aliphatic heterocycles. The molecule has 1 aliphatic rings. The highest BCUT2D eigenvalue weighted by atomic mass is 79.9. The Kier molecular flexibility index (Phi) is 7.31. The SMILES string of the molecule is Cc1cc(OCC(=O)Nc2ccccc2C(=O)N(C)C2CCCCC2)ccc1Br. The van der Waals surface area contributed by atoms with Crippen LogP contribution in [0.3, 0.4) is 0 Å². The van der Waals surface area contributed by atoms with E-state index in [4.69, 9.17) is 4.74 Å². The Labute approximate surface area is 180 Å². The number of hydrogen-bond donors (Lipinski definition) is 1. The molecular weight excluding hydrogens is 432 g/mol. The average molecular weight is 459 g/mol. The highest BCUT2D eigenvalue weighted by molar-refractivity contribution is 9.10. The van der Waals surface area contributed by atoms with E-state index < -0.39 is 0 Å². The molecule has 0 heterocycles. The van der Waals surface area contributed by atoms with E-state index in [-0.39, 0.29) is 24.5 Å². The number of ether oxygens (including phenoxy) is 1. The zero-order valence-corrected chi connectivity index (χ0v) is 18.5. The molecule has 5 nitrogen and oxygen atoms in total. The van der Waals surface area contributed by atoms with Gasteiger partial charge in [-0.25, -0.2) is 0 Å². The van der Waals surface area contributed by atoms with E-state index in [1.807, 2.05) is 43.1 Å². The number of amides is 2. The molecule has 0 radical (unpaired) electrons. The molecule has 2 aromatic rings. The normalized spacial score (nSPS) is 14.3. The van der Waals surface area contributed by atoms with E-state index >= 15 is 0 Å². The van der Waals surface area contributed by atoms with Crippen LogP contribution in [0.5, 0.6) is 5.75 Å². The van der Waals surface area contributed by atoms with Gasteiger partial charge < -0.3 is 15.0 Å². The number of hydrogen-bond acceptors (Lipinski definition) is 3. The first-order valence-corrected chi connectivity index (χ1v) is 10.8. The van der Waals surface area contributed by atoms with Crippen LogP contribution in [0.4, 0.5) is 5.69 Å². The lowest BCUT2D eigenvalue weighted by Crippen LogP contribution is -2.38. The van der Waals surface area contributed by atoms with Crippen LogP contribution in [0.2, 0.25) is 0 Å². The van der Waals surface area contributed by atoms with Crippen molar-refractivity contribution in [1.82, 2.24) is 4.90 Å². The summed E-state index contributed by atoms with van der Waals surface area (Å²) >= 11 is 3.44. The monoisotopic (exact) mass is 458 g/mol. The predicted octanol–water partition coefficient (Wildman–Crippen LogP) is 5.18. The minimum Gasteiger partial charge on any atom is -0.484 e. The van der Waals surface area contributed by atoms with Gasteiger partial charge >= 0.3 is 0 Å². The minimum atomic E-state index is -0.300. The molecule has 0 spiro atoms. The number of para-hydroxylation sites is 1. The van der Waals surface area contributed by atoms with Crippen molar-refractivity contribution in [2.75, 3.05) is 19.0 Å². The third kappa shape index (κ3) is 5.60. The van der Waals surface area contributed by atoms with Crippen molar-refractivity contribution >= 4 is 33.4 Å². The summed E-state index contributed by atoms with van der Waals surface area (Å²) < 4.78 is 6.58. The average Bonchev–Trinajstić information content (AvgIpc) is 2.74. The van der Waals surface area contributed by atoms with E-state index in [0.29, 0.717) is 17.0 Å². The highest BCUT2D eigenvalue weighted by Gasteiger charge is 2.24. The van der Waals surface area contributed by atoms with Gasteiger partial charge in [-0.15, -0.1) is 0 Å². The Bertz CT molecular complexity index is 878. The van der Waals surface area contributed by atoms with Gasteiger partial charge in [0.05, 0.1) is 11.3 Å². The Morgan fingerprint density at radius 2 is 1.86 bits per heavy atom. The van der Waals surface area contributed by atoms with Gasteiger partial charge in [-0.2, -0.15) is 0 Å². The second kappa shape index (κ2) is 9.92. The van der Waals surface area contributed by atoms with Crippen LogP contribution in [-0.4, -0.2) is 36.4 Å². The first kappa shape index (κ1) is 21.4. The fraction of sp³-hybridized carbons (Fsp3) is 0.391. The number of nitrogens with zero attached hydrogens (tertiary/aromatic N) is 1. The largest absolute Gasteiger partial charge is 0.484 e. The van der Waals surface area contributed by atoms with E-state index in [1.54, 1.807) is 18.2 Å². The molecule has 1 aliphatic carbocycles. The quantitative estimate of drug-likeness (QED) is 0.648. The lowest BCUT2D eigenvalue weighted by atomic mass is 9.94. The van der Waals surface area contributed by atoms with Crippen molar-refractivity contribution in [2.24, 2.45) is 0 Å². The predicted molar refractivity (Wildman–Crippen MR) is 118 cm³/mol. The molecule has 0 aromatic heterocycles. The smallest absolute Gasteiger partial charge is 0.262 e. The number of aryl methyl sites for hydroxylation is 1. The molecule has 6 heteroatoms. The van der Waals surface area contributed by atoms with Crippen LogP contribution in [0.1, 0.15) is 48.0 Å². The molecule has 0 bridgehead atoms. The van der Waals surface area contributed by atoms with E-state index in [0.717, 1.165) is 35.7 Å². The molecule has 154 valence electrons. The minimum absolute atomic E-state index is 0.0581. The summed E-state index contributed by atoms with van der Waals surface area (Å²) in [6, 6.07) is 13.0. The molecular formula is C23H27BrN2O3. The zero-order chi connectivity index (χ0) is 20.8. The van der Waals surface area contributed by atoms with Gasteiger partial charge in [-0.05, 0) is 55.7 Å². The molecule has 1 N–H and O–H groups in total. The standard InChI is InChI=1S/C23H27BrN2O3/c1-16-14-18(12-13-20(16)24)29-15-22(27)25-21-11-7-6-10-19(21)23(28)26(2)17-8-4-3-5-9-17/h6-7,10-14,17H,3-5,8-9,15H2,1-2H3,(H,25,27). The zero-order valence-electron chi connectivity index (χ0n) is 16.9. The van der Waals surface area contributed by atoms with Crippen molar-refractivity contribution in [1.29, 1.82) is 0 Å². The molecule has 2 amide bonds. The Balaban J connectivity index is 1.64. The first-order chi connectivity index (χ1) is 14.0. The summed E-state index contributed by atoms with van der Waals surface area (Å²) in [5, 5.41) is 2.82. The van der Waals surface area contributed by atoms with Gasteiger partial charge in [0.15, 0.2) is 6.61 Å². The molecule has 0 saturated heterocycles. The molecule has 2 aromatic carbocycles. The fourth-order valence-electron chi connectivity index (χ4n) is 3.64. The van der Waals surface area contributed by atoms with Crippen LogP contribution < -0.4 is 10.1 Å². The van der Waals surface area contributed by atoms with Gasteiger partial charge in [0, 0.05) is 17.6 Å². The van der Waals surface area contributed by atoms with Crippen molar-refractivity contribution in [3.63, 3.8) is 0 Å². The number of benzene rings is 2. The lowest BCUT2D eigenvalue weighted by molar-refractivity contribution is -0.118. The van der Waals surface area contributed by atoms with Gasteiger partial charge in [-0.3, -0.25) is 9.59 Å².